The Hall–Kier alpha value is -0.920. The molecule has 0 aromatic carbocycles. The molecule has 0 unspecified atom stereocenters. The van der Waals surface area contributed by atoms with E-state index in [1.54, 1.807) is 18.4 Å². The second-order valence-corrected chi connectivity index (χ2v) is 5.64. The van der Waals surface area contributed by atoms with E-state index in [1.165, 1.54) is 37.1 Å². The van der Waals surface area contributed by atoms with E-state index >= 15 is 0 Å². The maximum atomic E-state index is 8.82. The minimum atomic E-state index is 0.461. The van der Waals surface area contributed by atoms with Crippen molar-refractivity contribution in [3.05, 3.63) is 15.6 Å². The molecule has 0 spiro atoms. The summed E-state index contributed by atoms with van der Waals surface area (Å²) < 4.78 is 5.15. The van der Waals surface area contributed by atoms with Gasteiger partial charge in [-0.1, -0.05) is 19.3 Å². The van der Waals surface area contributed by atoms with Gasteiger partial charge in [-0.15, -0.1) is 11.3 Å². The molecule has 0 saturated heterocycles. The minimum Gasteiger partial charge on any atom is -0.378 e. The van der Waals surface area contributed by atoms with Crippen LogP contribution in [0.5, 0.6) is 0 Å². The van der Waals surface area contributed by atoms with Gasteiger partial charge in [-0.3, -0.25) is 0 Å². The highest BCUT2D eigenvalue weighted by molar-refractivity contribution is 7.11. The summed E-state index contributed by atoms with van der Waals surface area (Å²) in [5, 5.41) is 10.0. The molecule has 1 aromatic rings. The lowest BCUT2D eigenvalue weighted by molar-refractivity contribution is 0.181. The molecular weight excluding hydrogens is 232 g/mol. The smallest absolute Gasteiger partial charge is 0.0963 e. The Kier molecular flexibility index (Phi) is 4.52. The topological polar surface area (TPSA) is 45.9 Å². The summed E-state index contributed by atoms with van der Waals surface area (Å²) in [5.74, 6) is 0.622. The van der Waals surface area contributed by atoms with Crippen LogP contribution in [0, 0.1) is 11.3 Å². The molecule has 0 amide bonds. The van der Waals surface area contributed by atoms with E-state index in [0.29, 0.717) is 18.9 Å². The van der Waals surface area contributed by atoms with Crippen LogP contribution >= 0.6 is 11.3 Å². The van der Waals surface area contributed by atoms with Crippen molar-refractivity contribution in [1.29, 1.82) is 5.26 Å². The minimum absolute atomic E-state index is 0.461. The quantitative estimate of drug-likeness (QED) is 0.822. The Morgan fingerprint density at radius 3 is 2.82 bits per heavy atom. The second kappa shape index (κ2) is 6.13. The van der Waals surface area contributed by atoms with Crippen LogP contribution in [0.1, 0.15) is 53.6 Å². The Balaban J connectivity index is 2.16. The number of methoxy groups -OCH3 is 1. The Labute approximate surface area is 106 Å². The molecule has 1 heterocycles. The first-order chi connectivity index (χ1) is 8.35. The maximum Gasteiger partial charge on any atom is 0.0963 e. The fraction of sp³-hybridized carbons (Fsp3) is 0.692. The SMILES string of the molecule is COCc1nc(C2CCCCC2)sc1CC#N. The number of nitrogens with zero attached hydrogens (tertiary/aromatic N) is 2. The van der Waals surface area contributed by atoms with E-state index in [-0.39, 0.29) is 0 Å². The molecule has 1 aromatic heterocycles. The molecule has 0 radical (unpaired) electrons. The first-order valence-electron chi connectivity index (χ1n) is 6.19. The first-order valence-corrected chi connectivity index (χ1v) is 7.01. The summed E-state index contributed by atoms with van der Waals surface area (Å²) in [6.45, 7) is 0.528. The number of nitriles is 1. The predicted octanol–water partition coefficient (Wildman–Crippen LogP) is 3.40. The van der Waals surface area contributed by atoms with Crippen LogP contribution in [0.15, 0.2) is 0 Å². The zero-order valence-corrected chi connectivity index (χ0v) is 11.1. The van der Waals surface area contributed by atoms with E-state index in [1.807, 2.05) is 0 Å². The third-order valence-electron chi connectivity index (χ3n) is 3.27. The number of ether oxygens (including phenoxy) is 1. The standard InChI is InChI=1S/C13H18N2OS/c1-16-9-11-12(7-8-14)17-13(15-11)10-5-3-2-4-6-10/h10H,2-7,9H2,1H3. The molecule has 0 aliphatic heterocycles. The summed E-state index contributed by atoms with van der Waals surface area (Å²) in [5.41, 5.74) is 0.972. The second-order valence-electron chi connectivity index (χ2n) is 4.52. The highest BCUT2D eigenvalue weighted by Crippen LogP contribution is 2.36. The molecule has 92 valence electrons. The molecule has 0 atom stereocenters. The number of rotatable bonds is 4. The highest BCUT2D eigenvalue weighted by Gasteiger charge is 2.21. The van der Waals surface area contributed by atoms with Gasteiger partial charge in [0, 0.05) is 17.9 Å². The molecule has 0 bridgehead atoms. The fourth-order valence-corrected chi connectivity index (χ4v) is 3.56. The van der Waals surface area contributed by atoms with Gasteiger partial charge in [0.15, 0.2) is 0 Å². The Morgan fingerprint density at radius 2 is 2.18 bits per heavy atom. The summed E-state index contributed by atoms with van der Waals surface area (Å²) in [4.78, 5) is 5.78. The summed E-state index contributed by atoms with van der Waals surface area (Å²) in [7, 11) is 1.68. The summed E-state index contributed by atoms with van der Waals surface area (Å²) in [6.07, 6.45) is 6.97. The van der Waals surface area contributed by atoms with Crippen molar-refractivity contribution in [3.8, 4) is 6.07 Å². The third kappa shape index (κ3) is 3.05. The van der Waals surface area contributed by atoms with E-state index < -0.39 is 0 Å². The number of aromatic nitrogens is 1. The van der Waals surface area contributed by atoms with Crippen molar-refractivity contribution in [1.82, 2.24) is 4.98 Å². The van der Waals surface area contributed by atoms with Crippen LogP contribution in [0.3, 0.4) is 0 Å². The molecule has 0 N–H and O–H groups in total. The van der Waals surface area contributed by atoms with Crippen LogP contribution in [-0.4, -0.2) is 12.1 Å². The van der Waals surface area contributed by atoms with Gasteiger partial charge in [-0.2, -0.15) is 5.26 Å². The van der Waals surface area contributed by atoms with Crippen LogP contribution in [0.2, 0.25) is 0 Å². The van der Waals surface area contributed by atoms with Crippen molar-refractivity contribution in [2.24, 2.45) is 0 Å². The molecule has 17 heavy (non-hydrogen) atoms. The average molecular weight is 250 g/mol. The summed E-state index contributed by atoms with van der Waals surface area (Å²) in [6, 6.07) is 2.21. The zero-order valence-electron chi connectivity index (χ0n) is 10.2. The number of thiazole rings is 1. The van der Waals surface area contributed by atoms with E-state index in [0.717, 1.165) is 10.6 Å². The van der Waals surface area contributed by atoms with Crippen molar-refractivity contribution in [2.45, 2.75) is 51.0 Å². The van der Waals surface area contributed by atoms with Gasteiger partial charge < -0.3 is 4.74 Å². The van der Waals surface area contributed by atoms with Gasteiger partial charge in [0.25, 0.3) is 0 Å². The molecule has 3 nitrogen and oxygen atoms in total. The van der Waals surface area contributed by atoms with Crippen molar-refractivity contribution in [2.75, 3.05) is 7.11 Å². The van der Waals surface area contributed by atoms with Gasteiger partial charge in [0.05, 0.1) is 29.8 Å². The van der Waals surface area contributed by atoms with Crippen LogP contribution in [0.4, 0.5) is 0 Å². The Bertz CT molecular complexity index is 402. The maximum absolute atomic E-state index is 8.82. The lowest BCUT2D eigenvalue weighted by Crippen LogP contribution is -2.04. The van der Waals surface area contributed by atoms with E-state index in [2.05, 4.69) is 11.1 Å². The number of hydrogen-bond acceptors (Lipinski definition) is 4. The van der Waals surface area contributed by atoms with Crippen molar-refractivity contribution >= 4 is 11.3 Å². The normalized spacial score (nSPS) is 16.9. The van der Waals surface area contributed by atoms with Gasteiger partial charge in [-0.05, 0) is 12.8 Å². The molecule has 4 heteroatoms. The van der Waals surface area contributed by atoms with E-state index in [4.69, 9.17) is 10.00 Å². The molecule has 1 aliphatic carbocycles. The summed E-state index contributed by atoms with van der Waals surface area (Å²) >= 11 is 1.72. The fourth-order valence-electron chi connectivity index (χ4n) is 2.39. The first kappa shape index (κ1) is 12.5. The zero-order chi connectivity index (χ0) is 12.1. The average Bonchev–Trinajstić information content (AvgIpc) is 2.75. The van der Waals surface area contributed by atoms with Crippen LogP contribution < -0.4 is 0 Å². The van der Waals surface area contributed by atoms with Gasteiger partial charge in [0.2, 0.25) is 0 Å². The highest BCUT2D eigenvalue weighted by atomic mass is 32.1. The Morgan fingerprint density at radius 1 is 1.41 bits per heavy atom. The van der Waals surface area contributed by atoms with Gasteiger partial charge >= 0.3 is 0 Å². The van der Waals surface area contributed by atoms with Gasteiger partial charge in [0.1, 0.15) is 0 Å². The number of hydrogen-bond donors (Lipinski definition) is 0. The molecule has 2 rings (SSSR count). The largest absolute Gasteiger partial charge is 0.378 e. The van der Waals surface area contributed by atoms with Crippen molar-refractivity contribution < 1.29 is 4.74 Å². The van der Waals surface area contributed by atoms with E-state index in [9.17, 15) is 0 Å². The van der Waals surface area contributed by atoms with Crippen LogP contribution in [0.25, 0.3) is 0 Å². The lowest BCUT2D eigenvalue weighted by Gasteiger charge is -2.18. The van der Waals surface area contributed by atoms with Crippen LogP contribution in [-0.2, 0) is 17.8 Å². The molecule has 1 fully saturated rings. The van der Waals surface area contributed by atoms with Gasteiger partial charge in [-0.25, -0.2) is 4.98 Å². The monoisotopic (exact) mass is 250 g/mol. The molecular formula is C13H18N2OS. The third-order valence-corrected chi connectivity index (χ3v) is 4.53. The lowest BCUT2D eigenvalue weighted by atomic mass is 9.90. The molecule has 1 aliphatic rings. The predicted molar refractivity (Wildman–Crippen MR) is 68.0 cm³/mol. The van der Waals surface area contributed by atoms with Crippen molar-refractivity contribution in [3.63, 3.8) is 0 Å². The molecule has 1 saturated carbocycles.